The summed E-state index contributed by atoms with van der Waals surface area (Å²) in [5.74, 6) is -0.993. The third-order valence-corrected chi connectivity index (χ3v) is 2.60. The largest absolute Gasteiger partial charge is 0.478 e. The van der Waals surface area contributed by atoms with Gasteiger partial charge in [0.2, 0.25) is 5.91 Å². The lowest BCUT2D eigenvalue weighted by Gasteiger charge is -2.02. The number of nitrogens with two attached hydrogens (primary N) is 1. The van der Waals surface area contributed by atoms with Gasteiger partial charge in [0, 0.05) is 18.4 Å². The number of carbonyl (C=O) groups is 2. The molecule has 0 saturated heterocycles. The maximum absolute atomic E-state index is 10.8. The number of hydrogen-bond donors (Lipinski definition) is 2. The number of aromatic nitrogens is 1. The molecule has 0 aliphatic carbocycles. The van der Waals surface area contributed by atoms with E-state index < -0.39 is 11.9 Å². The summed E-state index contributed by atoms with van der Waals surface area (Å²) in [7, 11) is 0. The first-order valence-electron chi connectivity index (χ1n) is 4.20. The second kappa shape index (κ2) is 5.35. The standard InChI is InChI=1S/C9H10N2O3S/c10-7(12)3-5-15-8-6(9(13)14)2-1-4-11-8/h1-2,4H,3,5H2,(H2,10,12)(H,13,14). The molecule has 1 rings (SSSR count). The van der Waals surface area contributed by atoms with Gasteiger partial charge in [0.15, 0.2) is 0 Å². The van der Waals surface area contributed by atoms with Crippen LogP contribution in [0, 0.1) is 0 Å². The molecule has 0 bridgehead atoms. The predicted octanol–water partition coefficient (Wildman–Crippen LogP) is 0.747. The lowest BCUT2D eigenvalue weighted by Crippen LogP contribution is -2.11. The predicted molar refractivity (Wildman–Crippen MR) is 55.7 cm³/mol. The lowest BCUT2D eigenvalue weighted by molar-refractivity contribution is -0.117. The first-order valence-corrected chi connectivity index (χ1v) is 5.19. The van der Waals surface area contributed by atoms with Crippen LogP contribution >= 0.6 is 11.8 Å². The number of carbonyl (C=O) groups excluding carboxylic acids is 1. The van der Waals surface area contributed by atoms with Crippen molar-refractivity contribution < 1.29 is 14.7 Å². The van der Waals surface area contributed by atoms with E-state index >= 15 is 0 Å². The average Bonchev–Trinajstić information content (AvgIpc) is 2.17. The number of carboxylic acids is 1. The molecule has 1 heterocycles. The van der Waals surface area contributed by atoms with Crippen molar-refractivity contribution in [1.29, 1.82) is 0 Å². The van der Waals surface area contributed by atoms with E-state index in [0.29, 0.717) is 10.8 Å². The quantitative estimate of drug-likeness (QED) is 0.722. The van der Waals surface area contributed by atoms with Crippen LogP contribution in [-0.4, -0.2) is 27.7 Å². The highest BCUT2D eigenvalue weighted by molar-refractivity contribution is 7.99. The van der Waals surface area contributed by atoms with Gasteiger partial charge < -0.3 is 10.8 Å². The van der Waals surface area contributed by atoms with Crippen molar-refractivity contribution in [3.05, 3.63) is 23.9 Å². The topological polar surface area (TPSA) is 93.3 Å². The van der Waals surface area contributed by atoms with Crippen LogP contribution < -0.4 is 5.73 Å². The number of pyridine rings is 1. The Morgan fingerprint density at radius 1 is 1.53 bits per heavy atom. The Labute approximate surface area is 90.7 Å². The Kier molecular flexibility index (Phi) is 4.11. The number of primary amides is 1. The maximum Gasteiger partial charge on any atom is 0.338 e. The van der Waals surface area contributed by atoms with Crippen LogP contribution in [0.1, 0.15) is 16.8 Å². The zero-order valence-electron chi connectivity index (χ0n) is 7.84. The number of amides is 1. The summed E-state index contributed by atoms with van der Waals surface area (Å²) < 4.78 is 0. The first-order chi connectivity index (χ1) is 7.11. The fourth-order valence-electron chi connectivity index (χ4n) is 0.917. The Morgan fingerprint density at radius 3 is 2.87 bits per heavy atom. The number of carboxylic acid groups (broad SMARTS) is 1. The van der Waals surface area contributed by atoms with Crippen molar-refractivity contribution in [3.8, 4) is 0 Å². The van der Waals surface area contributed by atoms with Crippen LogP contribution in [0.25, 0.3) is 0 Å². The van der Waals surface area contributed by atoms with Crippen LogP contribution in [-0.2, 0) is 4.79 Å². The van der Waals surface area contributed by atoms with Crippen molar-refractivity contribution in [2.45, 2.75) is 11.4 Å². The van der Waals surface area contributed by atoms with Crippen LogP contribution in [0.15, 0.2) is 23.4 Å². The molecule has 5 nitrogen and oxygen atoms in total. The van der Waals surface area contributed by atoms with Crippen LogP contribution in [0.5, 0.6) is 0 Å². The highest BCUT2D eigenvalue weighted by atomic mass is 32.2. The molecule has 0 saturated carbocycles. The molecule has 0 unspecified atom stereocenters. The molecule has 1 aromatic rings. The molecule has 1 aromatic heterocycles. The molecule has 0 spiro atoms. The van der Waals surface area contributed by atoms with Crippen molar-refractivity contribution in [3.63, 3.8) is 0 Å². The highest BCUT2D eigenvalue weighted by Crippen LogP contribution is 2.20. The number of rotatable bonds is 5. The van der Waals surface area contributed by atoms with E-state index in [2.05, 4.69) is 4.98 Å². The number of hydrogen-bond acceptors (Lipinski definition) is 4. The van der Waals surface area contributed by atoms with E-state index in [9.17, 15) is 9.59 Å². The molecule has 0 radical (unpaired) electrons. The van der Waals surface area contributed by atoms with Gasteiger partial charge in [-0.1, -0.05) is 0 Å². The van der Waals surface area contributed by atoms with Gasteiger partial charge in [0.1, 0.15) is 5.03 Å². The Balaban J connectivity index is 2.67. The van der Waals surface area contributed by atoms with Gasteiger partial charge in [-0.15, -0.1) is 11.8 Å². The van der Waals surface area contributed by atoms with E-state index in [-0.39, 0.29) is 12.0 Å². The maximum atomic E-state index is 10.8. The summed E-state index contributed by atoms with van der Waals surface area (Å²) in [6.07, 6.45) is 1.72. The monoisotopic (exact) mass is 226 g/mol. The summed E-state index contributed by atoms with van der Waals surface area (Å²) in [5, 5.41) is 9.24. The van der Waals surface area contributed by atoms with Gasteiger partial charge in [-0.3, -0.25) is 4.79 Å². The molecule has 0 aromatic carbocycles. The van der Waals surface area contributed by atoms with Crippen LogP contribution in [0.4, 0.5) is 0 Å². The summed E-state index contributed by atoms with van der Waals surface area (Å²) >= 11 is 1.21. The molecule has 3 N–H and O–H groups in total. The zero-order chi connectivity index (χ0) is 11.3. The minimum Gasteiger partial charge on any atom is -0.478 e. The third-order valence-electron chi connectivity index (χ3n) is 1.59. The Hall–Kier alpha value is -1.56. The fraction of sp³-hybridized carbons (Fsp3) is 0.222. The molecular formula is C9H10N2O3S. The minimum absolute atomic E-state index is 0.145. The zero-order valence-corrected chi connectivity index (χ0v) is 8.66. The van der Waals surface area contributed by atoms with Gasteiger partial charge >= 0.3 is 5.97 Å². The van der Waals surface area contributed by atoms with Crippen molar-refractivity contribution >= 4 is 23.6 Å². The average molecular weight is 226 g/mol. The van der Waals surface area contributed by atoms with Gasteiger partial charge in [-0.05, 0) is 12.1 Å². The molecule has 15 heavy (non-hydrogen) atoms. The molecule has 0 aliphatic heterocycles. The number of aromatic carboxylic acids is 1. The second-order valence-corrected chi connectivity index (χ2v) is 3.81. The molecule has 6 heteroatoms. The highest BCUT2D eigenvalue weighted by Gasteiger charge is 2.10. The molecule has 0 fully saturated rings. The number of thioether (sulfide) groups is 1. The van der Waals surface area contributed by atoms with Crippen LogP contribution in [0.3, 0.4) is 0 Å². The summed E-state index contributed by atoms with van der Waals surface area (Å²) in [4.78, 5) is 25.2. The Bertz CT molecular complexity index is 381. The SMILES string of the molecule is NC(=O)CCSc1ncccc1C(=O)O. The van der Waals surface area contributed by atoms with Gasteiger partial charge in [-0.2, -0.15) is 0 Å². The summed E-state index contributed by atoms with van der Waals surface area (Å²) in [6, 6.07) is 3.03. The van der Waals surface area contributed by atoms with E-state index in [1.54, 1.807) is 6.07 Å². The summed E-state index contributed by atoms with van der Waals surface area (Å²) in [6.45, 7) is 0. The fourth-order valence-corrected chi connectivity index (χ4v) is 1.86. The van der Waals surface area contributed by atoms with Gasteiger partial charge in [-0.25, -0.2) is 9.78 Å². The molecule has 0 aliphatic rings. The molecule has 80 valence electrons. The van der Waals surface area contributed by atoms with Crippen molar-refractivity contribution in [2.75, 3.05) is 5.75 Å². The lowest BCUT2D eigenvalue weighted by atomic mass is 10.3. The van der Waals surface area contributed by atoms with Gasteiger partial charge in [0.25, 0.3) is 0 Å². The van der Waals surface area contributed by atoms with Gasteiger partial charge in [0.05, 0.1) is 5.56 Å². The molecule has 0 atom stereocenters. The first kappa shape index (κ1) is 11.5. The van der Waals surface area contributed by atoms with Crippen molar-refractivity contribution in [1.82, 2.24) is 4.98 Å². The van der Waals surface area contributed by atoms with Crippen LogP contribution in [0.2, 0.25) is 0 Å². The minimum atomic E-state index is -1.02. The van der Waals surface area contributed by atoms with E-state index in [1.807, 2.05) is 0 Å². The smallest absolute Gasteiger partial charge is 0.338 e. The third kappa shape index (κ3) is 3.59. The Morgan fingerprint density at radius 2 is 2.27 bits per heavy atom. The van der Waals surface area contributed by atoms with E-state index in [0.717, 1.165) is 0 Å². The molecule has 1 amide bonds. The molecular weight excluding hydrogens is 216 g/mol. The number of nitrogens with zero attached hydrogens (tertiary/aromatic N) is 1. The van der Waals surface area contributed by atoms with E-state index in [4.69, 9.17) is 10.8 Å². The van der Waals surface area contributed by atoms with E-state index in [1.165, 1.54) is 24.0 Å². The second-order valence-electron chi connectivity index (χ2n) is 2.73. The normalized spacial score (nSPS) is 9.87. The summed E-state index contributed by atoms with van der Waals surface area (Å²) in [5.41, 5.74) is 5.11. The van der Waals surface area contributed by atoms with Crippen molar-refractivity contribution in [2.24, 2.45) is 5.73 Å².